The van der Waals surface area contributed by atoms with Gasteiger partial charge in [-0.05, 0) is 12.8 Å². The Balaban J connectivity index is 1.83. The van der Waals surface area contributed by atoms with E-state index in [4.69, 9.17) is 0 Å². The Morgan fingerprint density at radius 1 is 0.316 bits per heavy atom. The third kappa shape index (κ3) is 18.6. The summed E-state index contributed by atoms with van der Waals surface area (Å²) in [6.45, 7) is 4.56. The van der Waals surface area contributed by atoms with Crippen LogP contribution >= 0.6 is 0 Å². The molecule has 0 aliphatic heterocycles. The summed E-state index contributed by atoms with van der Waals surface area (Å²) < 4.78 is 0. The smallest absolute Gasteiger partial charge is 0.153 e. The predicted octanol–water partition coefficient (Wildman–Crippen LogP) is 12.1. The molecule has 0 aromatic carbocycles. The minimum atomic E-state index is -0.232. The fourth-order valence-electron chi connectivity index (χ4n) is 6.32. The van der Waals surface area contributed by atoms with Crippen LogP contribution in [0.5, 0.6) is 0 Å². The maximum absolute atomic E-state index is 12.5. The van der Waals surface area contributed by atoms with Crippen molar-refractivity contribution >= 4 is 11.6 Å². The highest BCUT2D eigenvalue weighted by atomic mass is 16.2. The van der Waals surface area contributed by atoms with Crippen molar-refractivity contribution in [1.82, 2.24) is 0 Å². The minimum absolute atomic E-state index is 0.232. The molecular weight excluding hydrogens is 464 g/mol. The van der Waals surface area contributed by atoms with Crippen LogP contribution in [-0.4, -0.2) is 11.6 Å². The van der Waals surface area contributed by atoms with Crippen molar-refractivity contribution in [3.8, 4) is 0 Å². The lowest BCUT2D eigenvalue weighted by Gasteiger charge is -2.32. The quantitative estimate of drug-likeness (QED) is 0.0680. The van der Waals surface area contributed by atoms with Gasteiger partial charge in [-0.1, -0.05) is 194 Å². The van der Waals surface area contributed by atoms with Crippen molar-refractivity contribution in [2.45, 2.75) is 206 Å². The average molecular weight is 533 g/mol. The van der Waals surface area contributed by atoms with Crippen LogP contribution in [0.4, 0.5) is 0 Å². The van der Waals surface area contributed by atoms with Crippen molar-refractivity contribution in [2.24, 2.45) is 11.8 Å². The first-order chi connectivity index (χ1) is 18.7. The molecule has 0 bridgehead atoms. The van der Waals surface area contributed by atoms with Crippen LogP contribution in [0.15, 0.2) is 0 Å². The van der Waals surface area contributed by atoms with Gasteiger partial charge in [-0.3, -0.25) is 9.59 Å². The molecule has 0 heterocycles. The Bertz CT molecular complexity index is 479. The van der Waals surface area contributed by atoms with E-state index in [0.29, 0.717) is 0 Å². The van der Waals surface area contributed by atoms with E-state index in [1.165, 1.54) is 167 Å². The van der Waals surface area contributed by atoms with Crippen LogP contribution in [0.2, 0.25) is 0 Å². The fourth-order valence-corrected chi connectivity index (χ4v) is 6.32. The summed E-state index contributed by atoms with van der Waals surface area (Å²) in [4.78, 5) is 25.0. The highest BCUT2D eigenvalue weighted by Crippen LogP contribution is 2.33. The maximum Gasteiger partial charge on any atom is 0.153 e. The first-order valence-electron chi connectivity index (χ1n) is 17.8. The van der Waals surface area contributed by atoms with Gasteiger partial charge >= 0.3 is 0 Å². The Hall–Kier alpha value is -0.660. The van der Waals surface area contributed by atoms with Crippen LogP contribution in [-0.2, 0) is 9.59 Å². The van der Waals surface area contributed by atoms with Crippen molar-refractivity contribution in [1.29, 1.82) is 0 Å². The molecule has 1 fully saturated rings. The summed E-state index contributed by atoms with van der Waals surface area (Å²) in [6.07, 6.45) is 39.4. The van der Waals surface area contributed by atoms with Crippen molar-refractivity contribution in [3.63, 3.8) is 0 Å². The SMILES string of the molecule is CCCCCCCCCCCCCCCCC1C(=O)C(CCCCCCCCCCCCCCCC)C1=O. The summed E-state index contributed by atoms with van der Waals surface area (Å²) in [5.74, 6) is 0.0896. The Morgan fingerprint density at radius 3 is 0.711 bits per heavy atom. The third-order valence-electron chi connectivity index (χ3n) is 9.07. The maximum atomic E-state index is 12.5. The number of hydrogen-bond acceptors (Lipinski definition) is 2. The standard InChI is InChI=1S/C36H68O2/c1-3-5-7-9-11-13-15-17-19-21-23-25-27-29-31-33-35(37)34(36(33)38)32-30-28-26-24-22-20-18-16-14-12-10-8-6-4-2/h33-34H,3-32H2,1-2H3. The zero-order valence-electron chi connectivity index (χ0n) is 26.2. The van der Waals surface area contributed by atoms with Crippen molar-refractivity contribution < 1.29 is 9.59 Å². The zero-order chi connectivity index (χ0) is 27.5. The van der Waals surface area contributed by atoms with Gasteiger partial charge in [0, 0.05) is 0 Å². The normalized spacial score (nSPS) is 17.3. The number of carbonyl (C=O) groups is 2. The second kappa shape index (κ2) is 26.6. The van der Waals surface area contributed by atoms with Gasteiger partial charge in [0.1, 0.15) is 0 Å². The second-order valence-electron chi connectivity index (χ2n) is 12.7. The lowest BCUT2D eigenvalue weighted by atomic mass is 9.68. The van der Waals surface area contributed by atoms with E-state index in [9.17, 15) is 9.59 Å². The Morgan fingerprint density at radius 2 is 0.500 bits per heavy atom. The lowest BCUT2D eigenvalue weighted by molar-refractivity contribution is -0.151. The number of hydrogen-bond donors (Lipinski definition) is 0. The molecule has 0 unspecified atom stereocenters. The number of carbonyl (C=O) groups excluding carboxylic acids is 2. The van der Waals surface area contributed by atoms with Crippen LogP contribution in [0.25, 0.3) is 0 Å². The highest BCUT2D eigenvalue weighted by Gasteiger charge is 2.47. The number of Topliss-reactive ketones (excluding diaryl/α,β-unsaturated/α-hetero) is 2. The summed E-state index contributed by atoms with van der Waals surface area (Å²) in [5, 5.41) is 0. The van der Waals surface area contributed by atoms with Gasteiger partial charge in [0.25, 0.3) is 0 Å². The van der Waals surface area contributed by atoms with Gasteiger partial charge in [-0.15, -0.1) is 0 Å². The predicted molar refractivity (Wildman–Crippen MR) is 167 cm³/mol. The van der Waals surface area contributed by atoms with Crippen LogP contribution < -0.4 is 0 Å². The van der Waals surface area contributed by atoms with Gasteiger partial charge in [-0.25, -0.2) is 0 Å². The van der Waals surface area contributed by atoms with E-state index in [0.717, 1.165) is 25.7 Å². The van der Waals surface area contributed by atoms with Gasteiger partial charge in [-0.2, -0.15) is 0 Å². The highest BCUT2D eigenvalue weighted by molar-refractivity contribution is 6.23. The molecule has 0 spiro atoms. The second-order valence-corrected chi connectivity index (χ2v) is 12.7. The molecule has 1 aliphatic rings. The van der Waals surface area contributed by atoms with E-state index in [1.54, 1.807) is 0 Å². The van der Waals surface area contributed by atoms with E-state index >= 15 is 0 Å². The van der Waals surface area contributed by atoms with E-state index in [2.05, 4.69) is 13.8 Å². The monoisotopic (exact) mass is 533 g/mol. The minimum Gasteiger partial charge on any atom is -0.298 e. The molecule has 0 saturated heterocycles. The topological polar surface area (TPSA) is 34.1 Å². The van der Waals surface area contributed by atoms with E-state index < -0.39 is 0 Å². The molecule has 0 aromatic heterocycles. The summed E-state index contributed by atoms with van der Waals surface area (Å²) in [6, 6.07) is 0. The number of unbranched alkanes of at least 4 members (excludes halogenated alkanes) is 26. The molecule has 0 aromatic rings. The molecule has 1 saturated carbocycles. The number of rotatable bonds is 30. The fraction of sp³-hybridized carbons (Fsp3) is 0.944. The summed E-state index contributed by atoms with van der Waals surface area (Å²) in [5.41, 5.74) is 0. The number of ketones is 2. The zero-order valence-corrected chi connectivity index (χ0v) is 26.2. The molecule has 1 rings (SSSR count). The molecule has 1 aliphatic carbocycles. The third-order valence-corrected chi connectivity index (χ3v) is 9.07. The van der Waals surface area contributed by atoms with Crippen molar-refractivity contribution in [3.05, 3.63) is 0 Å². The molecular formula is C36H68O2. The van der Waals surface area contributed by atoms with Gasteiger partial charge in [0.05, 0.1) is 11.8 Å². The Labute approximate surface area is 239 Å². The molecule has 0 atom stereocenters. The first-order valence-corrected chi connectivity index (χ1v) is 17.8. The van der Waals surface area contributed by atoms with Crippen LogP contribution in [0.1, 0.15) is 206 Å². The summed E-state index contributed by atoms with van der Waals surface area (Å²) >= 11 is 0. The average Bonchev–Trinajstić information content (AvgIpc) is 2.93. The Kier molecular flexibility index (Phi) is 24.7. The molecule has 0 N–H and O–H groups in total. The molecule has 2 nitrogen and oxygen atoms in total. The van der Waals surface area contributed by atoms with Crippen LogP contribution in [0.3, 0.4) is 0 Å². The molecule has 0 radical (unpaired) electrons. The molecule has 2 heteroatoms. The van der Waals surface area contributed by atoms with Gasteiger partial charge in [0.2, 0.25) is 0 Å². The largest absolute Gasteiger partial charge is 0.298 e. The lowest BCUT2D eigenvalue weighted by Crippen LogP contribution is -2.48. The molecule has 38 heavy (non-hydrogen) atoms. The van der Waals surface area contributed by atoms with Crippen LogP contribution in [0, 0.1) is 11.8 Å². The first kappa shape index (κ1) is 35.4. The summed E-state index contributed by atoms with van der Waals surface area (Å²) in [7, 11) is 0. The van der Waals surface area contributed by atoms with Gasteiger partial charge < -0.3 is 0 Å². The van der Waals surface area contributed by atoms with E-state index in [1.807, 2.05) is 0 Å². The molecule has 0 amide bonds. The van der Waals surface area contributed by atoms with E-state index in [-0.39, 0.29) is 23.4 Å². The van der Waals surface area contributed by atoms with Gasteiger partial charge in [0.15, 0.2) is 11.6 Å². The van der Waals surface area contributed by atoms with Crippen molar-refractivity contribution in [2.75, 3.05) is 0 Å². The molecule has 224 valence electrons.